The van der Waals surface area contributed by atoms with Gasteiger partial charge in [-0.2, -0.15) is 5.10 Å². The number of imidazole rings is 1. The Hall–Kier alpha value is -3.66. The van der Waals surface area contributed by atoms with Gasteiger partial charge in [0, 0.05) is 33.4 Å². The molecule has 0 spiro atoms. The first kappa shape index (κ1) is 23.5. The molecular weight excluding hydrogens is 436 g/mol. The van der Waals surface area contributed by atoms with Gasteiger partial charge in [-0.3, -0.25) is 14.8 Å². The van der Waals surface area contributed by atoms with Gasteiger partial charge < -0.3 is 19.3 Å². The summed E-state index contributed by atoms with van der Waals surface area (Å²) in [5.41, 5.74) is 3.47. The third-order valence-electron chi connectivity index (χ3n) is 6.02. The summed E-state index contributed by atoms with van der Waals surface area (Å²) in [7, 11) is 1.66. The third kappa shape index (κ3) is 4.28. The first-order chi connectivity index (χ1) is 16.4. The van der Waals surface area contributed by atoms with Crippen molar-refractivity contribution in [1.82, 2.24) is 19.3 Å². The molecule has 10 heteroatoms. The molecule has 4 rings (SSSR count). The monoisotopic (exact) mass is 466 g/mol. The SMILES string of the molecule is C=CC[C@H]1CN(CCCOC)c2cc(C(=O)O)cc3nc(NC(=O)c4cc(C)nn4CC)n1c23. The van der Waals surface area contributed by atoms with Crippen LogP contribution in [-0.4, -0.2) is 63.1 Å². The largest absolute Gasteiger partial charge is 0.478 e. The highest BCUT2D eigenvalue weighted by molar-refractivity contribution is 6.05. The summed E-state index contributed by atoms with van der Waals surface area (Å²) >= 11 is 0. The highest BCUT2D eigenvalue weighted by Gasteiger charge is 2.31. The Bertz CT molecular complexity index is 1240. The normalized spacial score (nSPS) is 15.0. The van der Waals surface area contributed by atoms with E-state index in [1.165, 1.54) is 0 Å². The van der Waals surface area contributed by atoms with E-state index in [9.17, 15) is 14.7 Å². The molecule has 0 aliphatic carbocycles. The number of benzene rings is 1. The number of carbonyl (C=O) groups is 2. The molecule has 2 N–H and O–H groups in total. The van der Waals surface area contributed by atoms with Crippen LogP contribution in [-0.2, 0) is 11.3 Å². The molecule has 3 heterocycles. The van der Waals surface area contributed by atoms with Crippen molar-refractivity contribution in [1.29, 1.82) is 0 Å². The molecule has 34 heavy (non-hydrogen) atoms. The summed E-state index contributed by atoms with van der Waals surface area (Å²) < 4.78 is 8.86. The van der Waals surface area contributed by atoms with Gasteiger partial charge in [-0.25, -0.2) is 9.78 Å². The number of rotatable bonds is 10. The van der Waals surface area contributed by atoms with Crippen LogP contribution in [0.4, 0.5) is 11.6 Å². The number of hydrogen-bond donors (Lipinski definition) is 2. The second-order valence-corrected chi connectivity index (χ2v) is 8.39. The average Bonchev–Trinajstić information content (AvgIpc) is 3.37. The second-order valence-electron chi connectivity index (χ2n) is 8.39. The zero-order valence-electron chi connectivity index (χ0n) is 19.7. The number of aromatic nitrogens is 4. The first-order valence-electron chi connectivity index (χ1n) is 11.4. The molecule has 180 valence electrons. The molecule has 1 amide bonds. The summed E-state index contributed by atoms with van der Waals surface area (Å²) in [6.45, 7) is 10.2. The number of carboxylic acids is 1. The van der Waals surface area contributed by atoms with E-state index < -0.39 is 5.97 Å². The summed E-state index contributed by atoms with van der Waals surface area (Å²) in [6.07, 6.45) is 3.32. The Morgan fingerprint density at radius 1 is 1.35 bits per heavy atom. The number of nitrogens with zero attached hydrogens (tertiary/aromatic N) is 5. The Morgan fingerprint density at radius 2 is 2.15 bits per heavy atom. The van der Waals surface area contributed by atoms with E-state index in [0.717, 1.165) is 23.3 Å². The third-order valence-corrected chi connectivity index (χ3v) is 6.02. The van der Waals surface area contributed by atoms with E-state index in [-0.39, 0.29) is 17.5 Å². The molecule has 0 radical (unpaired) electrons. The fourth-order valence-electron chi connectivity index (χ4n) is 4.57. The maximum absolute atomic E-state index is 13.2. The van der Waals surface area contributed by atoms with Gasteiger partial charge in [0.15, 0.2) is 0 Å². The fraction of sp³-hybridized carbons (Fsp3) is 0.417. The van der Waals surface area contributed by atoms with Crippen molar-refractivity contribution in [2.24, 2.45) is 0 Å². The molecule has 3 aromatic rings. The van der Waals surface area contributed by atoms with Gasteiger partial charge in [0.2, 0.25) is 5.95 Å². The van der Waals surface area contributed by atoms with Crippen molar-refractivity contribution in [2.45, 2.75) is 39.3 Å². The molecule has 0 saturated heterocycles. The maximum Gasteiger partial charge on any atom is 0.335 e. The molecule has 0 saturated carbocycles. The Kier molecular flexibility index (Phi) is 6.69. The van der Waals surface area contributed by atoms with Crippen LogP contribution in [0, 0.1) is 6.92 Å². The Balaban J connectivity index is 1.83. The van der Waals surface area contributed by atoms with Crippen molar-refractivity contribution < 1.29 is 19.4 Å². The molecule has 1 atom stereocenters. The zero-order chi connectivity index (χ0) is 24.4. The van der Waals surface area contributed by atoms with Gasteiger partial charge in [0.05, 0.1) is 34.0 Å². The first-order valence-corrected chi connectivity index (χ1v) is 11.4. The second kappa shape index (κ2) is 9.68. The van der Waals surface area contributed by atoms with Gasteiger partial charge in [0.25, 0.3) is 5.91 Å². The number of aryl methyl sites for hydroxylation is 2. The maximum atomic E-state index is 13.2. The quantitative estimate of drug-likeness (QED) is 0.347. The van der Waals surface area contributed by atoms with E-state index in [1.807, 2.05) is 24.5 Å². The highest BCUT2D eigenvalue weighted by Crippen LogP contribution is 2.40. The number of allylic oxidation sites excluding steroid dienone is 1. The Morgan fingerprint density at radius 3 is 2.82 bits per heavy atom. The van der Waals surface area contributed by atoms with Crippen molar-refractivity contribution in [2.75, 3.05) is 37.0 Å². The Labute approximate surface area is 197 Å². The summed E-state index contributed by atoms with van der Waals surface area (Å²) in [5, 5.41) is 17.0. The lowest BCUT2D eigenvalue weighted by Gasteiger charge is -2.36. The molecule has 1 aliphatic heterocycles. The highest BCUT2D eigenvalue weighted by atomic mass is 16.5. The smallest absolute Gasteiger partial charge is 0.335 e. The zero-order valence-corrected chi connectivity index (χ0v) is 19.7. The minimum atomic E-state index is -1.02. The lowest BCUT2D eigenvalue weighted by Crippen LogP contribution is -2.37. The fourth-order valence-corrected chi connectivity index (χ4v) is 4.57. The van der Waals surface area contributed by atoms with E-state index in [1.54, 1.807) is 30.0 Å². The van der Waals surface area contributed by atoms with Crippen LogP contribution in [0.25, 0.3) is 11.0 Å². The number of carboxylic acid groups (broad SMARTS) is 1. The predicted octanol–water partition coefficient (Wildman–Crippen LogP) is 3.49. The lowest BCUT2D eigenvalue weighted by atomic mass is 10.1. The van der Waals surface area contributed by atoms with Crippen LogP contribution in [0.1, 0.15) is 52.3 Å². The summed E-state index contributed by atoms with van der Waals surface area (Å²) in [6, 6.07) is 4.95. The van der Waals surface area contributed by atoms with Crippen LogP contribution in [0.2, 0.25) is 0 Å². The number of amides is 1. The van der Waals surface area contributed by atoms with Gasteiger partial charge in [0.1, 0.15) is 5.69 Å². The molecule has 2 aromatic heterocycles. The van der Waals surface area contributed by atoms with Crippen molar-refractivity contribution in [3.63, 3.8) is 0 Å². The van der Waals surface area contributed by atoms with E-state index >= 15 is 0 Å². The average molecular weight is 467 g/mol. The van der Waals surface area contributed by atoms with Crippen LogP contribution >= 0.6 is 0 Å². The number of nitrogens with one attached hydrogen (secondary N) is 1. The molecule has 0 unspecified atom stereocenters. The molecule has 1 aromatic carbocycles. The molecule has 0 bridgehead atoms. The standard InChI is InChI=1S/C24H30N6O4/c1-5-8-17-14-28(9-7-10-34-4)19-13-16(23(32)33)12-18-21(19)30(17)24(25-18)26-22(31)20-11-15(3)27-29(20)6-2/h5,11-13,17H,1,6-10,14H2,2-4H3,(H,32,33)(H,25,26,31)/t17-/m0/s1. The minimum Gasteiger partial charge on any atom is -0.478 e. The van der Waals surface area contributed by atoms with Crippen LogP contribution < -0.4 is 10.2 Å². The van der Waals surface area contributed by atoms with E-state index in [2.05, 4.69) is 26.9 Å². The lowest BCUT2D eigenvalue weighted by molar-refractivity contribution is 0.0696. The molecule has 1 aliphatic rings. The molecule has 10 nitrogen and oxygen atoms in total. The molecule has 0 fully saturated rings. The van der Waals surface area contributed by atoms with Gasteiger partial charge >= 0.3 is 5.97 Å². The van der Waals surface area contributed by atoms with Crippen molar-refractivity contribution in [3.8, 4) is 0 Å². The number of carbonyl (C=O) groups excluding carboxylic acids is 1. The van der Waals surface area contributed by atoms with Gasteiger partial charge in [-0.1, -0.05) is 6.08 Å². The number of methoxy groups -OCH3 is 1. The predicted molar refractivity (Wildman–Crippen MR) is 130 cm³/mol. The topological polar surface area (TPSA) is 115 Å². The van der Waals surface area contributed by atoms with E-state index in [4.69, 9.17) is 4.74 Å². The van der Waals surface area contributed by atoms with Gasteiger partial charge in [-0.05, 0) is 44.9 Å². The summed E-state index contributed by atoms with van der Waals surface area (Å²) in [4.78, 5) is 31.8. The van der Waals surface area contributed by atoms with Crippen LogP contribution in [0.5, 0.6) is 0 Å². The number of aromatic carboxylic acids is 1. The van der Waals surface area contributed by atoms with Gasteiger partial charge in [-0.15, -0.1) is 6.58 Å². The van der Waals surface area contributed by atoms with Crippen LogP contribution in [0.3, 0.4) is 0 Å². The number of anilines is 2. The number of hydrogen-bond acceptors (Lipinski definition) is 6. The van der Waals surface area contributed by atoms with Crippen LogP contribution in [0.15, 0.2) is 30.9 Å². The van der Waals surface area contributed by atoms with E-state index in [0.29, 0.717) is 49.8 Å². The molecular formula is C24H30N6O4. The van der Waals surface area contributed by atoms with Crippen molar-refractivity contribution in [3.05, 3.63) is 47.8 Å². The minimum absolute atomic E-state index is 0.0265. The summed E-state index contributed by atoms with van der Waals surface area (Å²) in [5.74, 6) is -0.951. The van der Waals surface area contributed by atoms with Crippen molar-refractivity contribution >= 4 is 34.5 Å². The number of ether oxygens (including phenoxy) is 1.